The molecule has 1 amide bonds. The molecule has 1 N–H and O–H groups in total. The van der Waals surface area contributed by atoms with E-state index in [1.807, 2.05) is 12.1 Å². The molecule has 1 saturated heterocycles. The molecule has 1 heterocycles. The van der Waals surface area contributed by atoms with E-state index in [2.05, 4.69) is 41.4 Å². The zero-order chi connectivity index (χ0) is 23.2. The predicted molar refractivity (Wildman–Crippen MR) is 128 cm³/mol. The number of ether oxygens (including phenoxy) is 2. The minimum Gasteiger partial charge on any atom is -0.497 e. The minimum absolute atomic E-state index is 0.0262. The Kier molecular flexibility index (Phi) is 7.45. The molecule has 3 aromatic carbocycles. The SMILES string of the molecule is COc1ccc2cc([C@@H](C)N3C(=O)CC[C@@H]3CCNCCOc3ccc(F)cc3)ccc2c1. The van der Waals surface area contributed by atoms with Gasteiger partial charge < -0.3 is 19.7 Å². The van der Waals surface area contributed by atoms with Crippen molar-refractivity contribution in [3.63, 3.8) is 0 Å². The van der Waals surface area contributed by atoms with Gasteiger partial charge in [0.05, 0.1) is 13.2 Å². The molecule has 6 heteroatoms. The lowest BCUT2D eigenvalue weighted by molar-refractivity contribution is -0.131. The molecule has 0 unspecified atom stereocenters. The minimum atomic E-state index is -0.269. The van der Waals surface area contributed by atoms with Gasteiger partial charge in [0, 0.05) is 19.0 Å². The van der Waals surface area contributed by atoms with Crippen LogP contribution >= 0.6 is 0 Å². The summed E-state index contributed by atoms with van der Waals surface area (Å²) in [6.45, 7) is 4.13. The Balaban J connectivity index is 1.29. The number of rotatable bonds is 10. The molecule has 0 bridgehead atoms. The summed E-state index contributed by atoms with van der Waals surface area (Å²) in [4.78, 5) is 14.8. The summed E-state index contributed by atoms with van der Waals surface area (Å²) in [6.07, 6.45) is 2.40. The monoisotopic (exact) mass is 450 g/mol. The zero-order valence-electron chi connectivity index (χ0n) is 19.2. The van der Waals surface area contributed by atoms with Crippen molar-refractivity contribution in [3.05, 3.63) is 72.0 Å². The number of nitrogens with one attached hydrogen (secondary N) is 1. The van der Waals surface area contributed by atoms with Gasteiger partial charge in [0.15, 0.2) is 0 Å². The van der Waals surface area contributed by atoms with Crippen LogP contribution in [0, 0.1) is 5.82 Å². The third-order valence-electron chi connectivity index (χ3n) is 6.36. The molecule has 2 atom stereocenters. The molecular formula is C27H31FN2O3. The average molecular weight is 451 g/mol. The first-order valence-corrected chi connectivity index (χ1v) is 11.5. The Morgan fingerprint density at radius 1 is 1.03 bits per heavy atom. The van der Waals surface area contributed by atoms with E-state index >= 15 is 0 Å². The number of hydrogen-bond acceptors (Lipinski definition) is 4. The van der Waals surface area contributed by atoms with Crippen LogP contribution in [0.2, 0.25) is 0 Å². The van der Waals surface area contributed by atoms with E-state index in [1.165, 1.54) is 12.1 Å². The number of nitrogens with zero attached hydrogens (tertiary/aromatic N) is 1. The van der Waals surface area contributed by atoms with Crippen LogP contribution < -0.4 is 14.8 Å². The molecule has 1 aliphatic rings. The Hall–Kier alpha value is -3.12. The molecule has 174 valence electrons. The van der Waals surface area contributed by atoms with Gasteiger partial charge in [-0.05, 0) is 85.1 Å². The lowest BCUT2D eigenvalue weighted by Crippen LogP contribution is -2.37. The van der Waals surface area contributed by atoms with Crippen LogP contribution in [-0.4, -0.2) is 43.7 Å². The molecule has 1 aliphatic heterocycles. The lowest BCUT2D eigenvalue weighted by atomic mass is 10.0. The summed E-state index contributed by atoms with van der Waals surface area (Å²) >= 11 is 0. The smallest absolute Gasteiger partial charge is 0.223 e. The fourth-order valence-corrected chi connectivity index (χ4v) is 4.53. The highest BCUT2D eigenvalue weighted by Gasteiger charge is 2.34. The highest BCUT2D eigenvalue weighted by Crippen LogP contribution is 2.33. The molecule has 4 rings (SSSR count). The van der Waals surface area contributed by atoms with E-state index in [0.717, 1.165) is 41.5 Å². The zero-order valence-corrected chi connectivity index (χ0v) is 19.2. The maximum Gasteiger partial charge on any atom is 0.223 e. The lowest BCUT2D eigenvalue weighted by Gasteiger charge is -2.31. The number of carbonyl (C=O) groups excluding carboxylic acids is 1. The van der Waals surface area contributed by atoms with E-state index in [9.17, 15) is 9.18 Å². The van der Waals surface area contributed by atoms with Crippen LogP contribution in [0.25, 0.3) is 10.8 Å². The summed E-state index contributed by atoms with van der Waals surface area (Å²) in [5.41, 5.74) is 1.15. The first kappa shape index (κ1) is 23.1. The molecule has 0 aromatic heterocycles. The largest absolute Gasteiger partial charge is 0.497 e. The number of halogens is 1. The molecule has 0 radical (unpaired) electrons. The van der Waals surface area contributed by atoms with Crippen LogP contribution in [0.1, 0.15) is 37.8 Å². The van der Waals surface area contributed by atoms with Crippen LogP contribution in [-0.2, 0) is 4.79 Å². The highest BCUT2D eigenvalue weighted by molar-refractivity contribution is 5.85. The van der Waals surface area contributed by atoms with E-state index < -0.39 is 0 Å². The van der Waals surface area contributed by atoms with Gasteiger partial charge in [-0.1, -0.05) is 18.2 Å². The molecule has 0 saturated carbocycles. The summed E-state index contributed by atoms with van der Waals surface area (Å²) in [7, 11) is 1.67. The third kappa shape index (κ3) is 5.63. The van der Waals surface area contributed by atoms with Crippen molar-refractivity contribution in [2.45, 2.75) is 38.3 Å². The van der Waals surface area contributed by atoms with E-state index in [-0.39, 0.29) is 23.8 Å². The number of amides is 1. The number of benzene rings is 3. The van der Waals surface area contributed by atoms with Gasteiger partial charge in [0.2, 0.25) is 5.91 Å². The van der Waals surface area contributed by atoms with Crippen molar-refractivity contribution in [1.29, 1.82) is 0 Å². The third-order valence-corrected chi connectivity index (χ3v) is 6.36. The molecule has 3 aromatic rings. The number of methoxy groups -OCH3 is 1. The Morgan fingerprint density at radius 3 is 2.55 bits per heavy atom. The summed E-state index contributed by atoms with van der Waals surface area (Å²) < 4.78 is 23.9. The molecule has 1 fully saturated rings. The van der Waals surface area contributed by atoms with Gasteiger partial charge >= 0.3 is 0 Å². The Morgan fingerprint density at radius 2 is 1.76 bits per heavy atom. The summed E-state index contributed by atoms with van der Waals surface area (Å²) in [6, 6.07) is 18.7. The van der Waals surface area contributed by atoms with Crippen molar-refractivity contribution in [2.24, 2.45) is 0 Å². The van der Waals surface area contributed by atoms with Gasteiger partial charge in [0.25, 0.3) is 0 Å². The first-order chi connectivity index (χ1) is 16.0. The first-order valence-electron chi connectivity index (χ1n) is 11.5. The van der Waals surface area contributed by atoms with Crippen molar-refractivity contribution >= 4 is 16.7 Å². The van der Waals surface area contributed by atoms with Crippen LogP contribution in [0.15, 0.2) is 60.7 Å². The van der Waals surface area contributed by atoms with Crippen LogP contribution in [0.3, 0.4) is 0 Å². The standard InChI is InChI=1S/C27H31FN2O3/c1-19(20-3-4-22-18-26(32-2)9-5-21(22)17-20)30-24(8-12-27(30)31)13-14-29-15-16-33-25-10-6-23(28)7-11-25/h3-7,9-11,17-19,24,29H,8,12-16H2,1-2H3/t19-,24-/m1/s1. The second kappa shape index (κ2) is 10.7. The Bertz CT molecular complexity index is 1090. The van der Waals surface area contributed by atoms with Crippen LogP contribution in [0.4, 0.5) is 4.39 Å². The van der Waals surface area contributed by atoms with Crippen LogP contribution in [0.5, 0.6) is 11.5 Å². The van der Waals surface area contributed by atoms with Gasteiger partial charge in [-0.3, -0.25) is 4.79 Å². The maximum absolute atomic E-state index is 12.9. The Labute approximate surface area is 194 Å². The summed E-state index contributed by atoms with van der Waals surface area (Å²) in [5, 5.41) is 5.67. The summed E-state index contributed by atoms with van der Waals surface area (Å²) in [5.74, 6) is 1.46. The van der Waals surface area contributed by atoms with Crippen molar-refractivity contribution in [1.82, 2.24) is 10.2 Å². The molecule has 5 nitrogen and oxygen atoms in total. The van der Waals surface area contributed by atoms with E-state index in [0.29, 0.717) is 25.3 Å². The molecular weight excluding hydrogens is 419 g/mol. The fourth-order valence-electron chi connectivity index (χ4n) is 4.53. The topological polar surface area (TPSA) is 50.8 Å². The normalized spacial score (nSPS) is 16.9. The van der Waals surface area contributed by atoms with Crippen molar-refractivity contribution in [2.75, 3.05) is 26.8 Å². The quantitative estimate of drug-likeness (QED) is 0.437. The van der Waals surface area contributed by atoms with Gasteiger partial charge in [-0.2, -0.15) is 0 Å². The van der Waals surface area contributed by atoms with Gasteiger partial charge in [0.1, 0.15) is 23.9 Å². The molecule has 33 heavy (non-hydrogen) atoms. The highest BCUT2D eigenvalue weighted by atomic mass is 19.1. The predicted octanol–water partition coefficient (Wildman–Crippen LogP) is 5.10. The van der Waals surface area contributed by atoms with Gasteiger partial charge in [-0.15, -0.1) is 0 Å². The number of likely N-dealkylation sites (tertiary alicyclic amines) is 1. The van der Waals surface area contributed by atoms with Gasteiger partial charge in [-0.25, -0.2) is 4.39 Å². The number of hydrogen-bond donors (Lipinski definition) is 1. The molecule has 0 spiro atoms. The maximum atomic E-state index is 12.9. The van der Waals surface area contributed by atoms with E-state index in [4.69, 9.17) is 9.47 Å². The molecule has 0 aliphatic carbocycles. The van der Waals surface area contributed by atoms with Crippen molar-refractivity contribution in [3.8, 4) is 11.5 Å². The van der Waals surface area contributed by atoms with E-state index in [1.54, 1.807) is 19.2 Å². The number of carbonyl (C=O) groups is 1. The fraction of sp³-hybridized carbons (Fsp3) is 0.370. The average Bonchev–Trinajstić information content (AvgIpc) is 3.21. The second-order valence-corrected chi connectivity index (χ2v) is 8.48. The van der Waals surface area contributed by atoms with Crippen molar-refractivity contribution < 1.29 is 18.7 Å². The second-order valence-electron chi connectivity index (χ2n) is 8.48. The number of fused-ring (bicyclic) bond motifs is 1.